The fourth-order valence-electron chi connectivity index (χ4n) is 3.33. The van der Waals surface area contributed by atoms with E-state index in [2.05, 4.69) is 20.4 Å². The van der Waals surface area contributed by atoms with Crippen molar-refractivity contribution < 1.29 is 19.0 Å². The van der Waals surface area contributed by atoms with Crippen LogP contribution in [0.4, 0.5) is 5.82 Å². The smallest absolute Gasteiger partial charge is 0.249 e. The van der Waals surface area contributed by atoms with Gasteiger partial charge in [0.05, 0.1) is 38.1 Å². The molecule has 0 spiro atoms. The molecule has 32 heavy (non-hydrogen) atoms. The summed E-state index contributed by atoms with van der Waals surface area (Å²) in [6.45, 7) is 1.85. The first-order valence-corrected chi connectivity index (χ1v) is 9.83. The number of benzene rings is 2. The third-order valence-corrected chi connectivity index (χ3v) is 4.77. The Balaban J connectivity index is 1.57. The molecule has 0 fully saturated rings. The number of carbonyl (C=O) groups is 1. The van der Waals surface area contributed by atoms with Crippen LogP contribution in [0.1, 0.15) is 11.3 Å². The van der Waals surface area contributed by atoms with E-state index < -0.39 is 0 Å². The van der Waals surface area contributed by atoms with E-state index >= 15 is 0 Å². The number of methoxy groups -OCH3 is 3. The van der Waals surface area contributed by atoms with Crippen LogP contribution < -0.4 is 19.5 Å². The molecule has 1 amide bonds. The lowest BCUT2D eigenvalue weighted by Crippen LogP contribution is -2.13. The molecule has 164 valence electrons. The number of aromatic nitrogens is 4. The van der Waals surface area contributed by atoms with Crippen molar-refractivity contribution in [1.82, 2.24) is 19.7 Å². The fraction of sp³-hybridized carbons (Fsp3) is 0.174. The fourth-order valence-corrected chi connectivity index (χ4v) is 3.33. The van der Waals surface area contributed by atoms with Crippen LogP contribution in [0.15, 0.2) is 48.5 Å². The SMILES string of the molecule is COc1cc(/C=C/C(=O)Nc2cc(C)nn2-c2nc3ccccc3[nH]2)cc(OC)c1OC. The quantitative estimate of drug-likeness (QED) is 0.431. The van der Waals surface area contributed by atoms with Gasteiger partial charge in [0.2, 0.25) is 17.6 Å². The predicted molar refractivity (Wildman–Crippen MR) is 122 cm³/mol. The molecule has 2 aromatic carbocycles. The molecule has 2 N–H and O–H groups in total. The first-order valence-electron chi connectivity index (χ1n) is 9.83. The molecule has 0 radical (unpaired) electrons. The van der Waals surface area contributed by atoms with Gasteiger partial charge in [-0.25, -0.2) is 4.98 Å². The van der Waals surface area contributed by atoms with Crippen molar-refractivity contribution in [2.75, 3.05) is 26.6 Å². The Morgan fingerprint density at radius 1 is 1.06 bits per heavy atom. The lowest BCUT2D eigenvalue weighted by Gasteiger charge is -2.12. The minimum Gasteiger partial charge on any atom is -0.493 e. The number of nitrogens with zero attached hydrogens (tertiary/aromatic N) is 3. The minimum absolute atomic E-state index is 0.323. The van der Waals surface area contributed by atoms with Crippen molar-refractivity contribution in [3.8, 4) is 23.2 Å². The molecule has 0 bridgehead atoms. The summed E-state index contributed by atoms with van der Waals surface area (Å²) in [6, 6.07) is 13.0. The molecule has 0 aliphatic carbocycles. The molecule has 0 atom stereocenters. The molecule has 0 saturated carbocycles. The number of ether oxygens (including phenoxy) is 3. The van der Waals surface area contributed by atoms with Gasteiger partial charge in [-0.2, -0.15) is 9.78 Å². The van der Waals surface area contributed by atoms with Gasteiger partial charge in [-0.15, -0.1) is 0 Å². The number of anilines is 1. The maximum absolute atomic E-state index is 12.6. The highest BCUT2D eigenvalue weighted by molar-refractivity contribution is 6.01. The van der Waals surface area contributed by atoms with Crippen LogP contribution in [0.25, 0.3) is 23.1 Å². The molecular formula is C23H23N5O4. The Bertz CT molecular complexity index is 1250. The third-order valence-electron chi connectivity index (χ3n) is 4.77. The van der Waals surface area contributed by atoms with Gasteiger partial charge in [0.15, 0.2) is 11.5 Å². The Labute approximate surface area is 184 Å². The van der Waals surface area contributed by atoms with E-state index in [0.717, 1.165) is 22.3 Å². The third kappa shape index (κ3) is 4.13. The molecule has 0 aliphatic heterocycles. The maximum atomic E-state index is 12.6. The van der Waals surface area contributed by atoms with Crippen molar-refractivity contribution in [2.24, 2.45) is 0 Å². The summed E-state index contributed by atoms with van der Waals surface area (Å²) < 4.78 is 17.6. The minimum atomic E-state index is -0.323. The van der Waals surface area contributed by atoms with Crippen LogP contribution in [-0.2, 0) is 4.79 Å². The summed E-state index contributed by atoms with van der Waals surface area (Å²) in [4.78, 5) is 20.4. The first-order chi connectivity index (χ1) is 15.5. The number of hydrogen-bond donors (Lipinski definition) is 2. The van der Waals surface area contributed by atoms with E-state index in [1.165, 1.54) is 13.2 Å². The lowest BCUT2D eigenvalue weighted by atomic mass is 10.1. The van der Waals surface area contributed by atoms with Gasteiger partial charge in [0.1, 0.15) is 5.82 Å². The summed E-state index contributed by atoms with van der Waals surface area (Å²) in [5.41, 5.74) is 3.16. The Morgan fingerprint density at radius 3 is 2.44 bits per heavy atom. The number of hydrogen-bond acceptors (Lipinski definition) is 6. The predicted octanol–water partition coefficient (Wildman–Crippen LogP) is 3.73. The highest BCUT2D eigenvalue weighted by Gasteiger charge is 2.14. The highest BCUT2D eigenvalue weighted by Crippen LogP contribution is 2.38. The lowest BCUT2D eigenvalue weighted by molar-refractivity contribution is -0.111. The zero-order valence-electron chi connectivity index (χ0n) is 18.2. The molecule has 2 aromatic heterocycles. The number of aryl methyl sites for hydroxylation is 1. The van der Waals surface area contributed by atoms with Gasteiger partial charge in [-0.05, 0) is 42.8 Å². The summed E-state index contributed by atoms with van der Waals surface area (Å²) in [6.07, 6.45) is 3.08. The zero-order chi connectivity index (χ0) is 22.7. The standard InChI is InChI=1S/C23H23N5O4/c1-14-11-20(28(27-14)23-24-16-7-5-6-8-17(16)25-23)26-21(29)10-9-15-12-18(30-2)22(32-4)19(13-15)31-3/h5-13H,1-4H3,(H,24,25)(H,26,29)/b10-9+. The Hall–Kier alpha value is -4.27. The van der Waals surface area contributed by atoms with Gasteiger partial charge in [0, 0.05) is 12.1 Å². The number of aromatic amines is 1. The van der Waals surface area contributed by atoms with Crippen LogP contribution in [0.2, 0.25) is 0 Å². The van der Waals surface area contributed by atoms with Gasteiger partial charge < -0.3 is 24.5 Å². The zero-order valence-corrected chi connectivity index (χ0v) is 18.2. The summed E-state index contributed by atoms with van der Waals surface area (Å²) in [5.74, 6) is 2.19. The maximum Gasteiger partial charge on any atom is 0.249 e. The van der Waals surface area contributed by atoms with E-state index in [9.17, 15) is 4.79 Å². The van der Waals surface area contributed by atoms with Crippen LogP contribution in [-0.4, -0.2) is 47.0 Å². The number of H-pyrrole nitrogens is 1. The molecule has 9 heteroatoms. The number of amides is 1. The average molecular weight is 433 g/mol. The van der Waals surface area contributed by atoms with Crippen molar-refractivity contribution in [1.29, 1.82) is 0 Å². The van der Waals surface area contributed by atoms with Crippen LogP contribution in [0.5, 0.6) is 17.2 Å². The van der Waals surface area contributed by atoms with E-state index in [4.69, 9.17) is 14.2 Å². The Morgan fingerprint density at radius 2 is 1.78 bits per heavy atom. The molecule has 4 rings (SSSR count). The largest absolute Gasteiger partial charge is 0.493 e. The van der Waals surface area contributed by atoms with Crippen LogP contribution in [0, 0.1) is 6.92 Å². The van der Waals surface area contributed by atoms with Crippen LogP contribution >= 0.6 is 0 Å². The monoisotopic (exact) mass is 433 g/mol. The summed E-state index contributed by atoms with van der Waals surface area (Å²) in [5, 5.41) is 7.30. The number of fused-ring (bicyclic) bond motifs is 1. The molecule has 0 aliphatic rings. The van der Waals surface area contributed by atoms with E-state index in [1.54, 1.807) is 43.2 Å². The van der Waals surface area contributed by atoms with E-state index in [1.807, 2.05) is 31.2 Å². The van der Waals surface area contributed by atoms with E-state index in [-0.39, 0.29) is 5.91 Å². The second kappa shape index (κ2) is 8.84. The second-order valence-corrected chi connectivity index (χ2v) is 6.94. The molecule has 9 nitrogen and oxygen atoms in total. The number of para-hydroxylation sites is 2. The Kier molecular flexibility index (Phi) is 5.80. The van der Waals surface area contributed by atoms with Gasteiger partial charge >= 0.3 is 0 Å². The van der Waals surface area contributed by atoms with Crippen molar-refractivity contribution in [2.45, 2.75) is 6.92 Å². The van der Waals surface area contributed by atoms with Gasteiger partial charge in [0.25, 0.3) is 0 Å². The normalized spacial score (nSPS) is 11.1. The highest BCUT2D eigenvalue weighted by atomic mass is 16.5. The second-order valence-electron chi connectivity index (χ2n) is 6.94. The van der Waals surface area contributed by atoms with Crippen LogP contribution in [0.3, 0.4) is 0 Å². The van der Waals surface area contributed by atoms with E-state index in [0.29, 0.717) is 29.0 Å². The molecular weight excluding hydrogens is 410 g/mol. The van der Waals surface area contributed by atoms with Crippen molar-refractivity contribution in [3.05, 3.63) is 59.8 Å². The number of carbonyl (C=O) groups excluding carboxylic acids is 1. The summed E-state index contributed by atoms with van der Waals surface area (Å²) >= 11 is 0. The number of imidazole rings is 1. The number of nitrogens with one attached hydrogen (secondary N) is 2. The topological polar surface area (TPSA) is 103 Å². The number of rotatable bonds is 7. The molecule has 4 aromatic rings. The van der Waals surface area contributed by atoms with Gasteiger partial charge in [-0.3, -0.25) is 4.79 Å². The van der Waals surface area contributed by atoms with Crippen molar-refractivity contribution in [3.63, 3.8) is 0 Å². The van der Waals surface area contributed by atoms with Gasteiger partial charge in [-0.1, -0.05) is 12.1 Å². The first kappa shape index (κ1) is 21.0. The molecule has 2 heterocycles. The summed E-state index contributed by atoms with van der Waals surface area (Å²) in [7, 11) is 4.62. The molecule has 0 unspecified atom stereocenters. The van der Waals surface area contributed by atoms with Crippen molar-refractivity contribution >= 4 is 28.8 Å². The average Bonchev–Trinajstić information content (AvgIpc) is 3.39. The molecule has 0 saturated heterocycles.